The van der Waals surface area contributed by atoms with E-state index in [2.05, 4.69) is 55.4 Å². The molecular formula is C24H54O4P2. The number of hydrogen-bond donors (Lipinski definition) is 0. The summed E-state index contributed by atoms with van der Waals surface area (Å²) in [6.45, 7) is 20.8. The Morgan fingerprint density at radius 3 is 0.733 bits per heavy atom. The van der Waals surface area contributed by atoms with E-state index in [1.807, 2.05) is 0 Å². The number of carboxylic acids is 2. The molecule has 0 bridgehead atoms. The van der Waals surface area contributed by atoms with E-state index in [4.69, 9.17) is 19.8 Å². The second-order valence-corrected chi connectivity index (χ2v) is 17.5. The maximum atomic E-state index is 8.89. The Morgan fingerprint density at radius 2 is 0.667 bits per heavy atom. The molecule has 0 spiro atoms. The molecule has 0 radical (unpaired) electrons. The molecule has 0 saturated carbocycles. The first-order chi connectivity index (χ1) is 13.9. The number of aliphatic carboxylic acids is 2. The first-order valence-corrected chi connectivity index (χ1v) is 17.1. The van der Waals surface area contributed by atoms with Gasteiger partial charge in [-0.25, -0.2) is 0 Å². The molecule has 184 valence electrons. The summed E-state index contributed by atoms with van der Waals surface area (Å²) in [7, 11) is -0.916. The van der Waals surface area contributed by atoms with Gasteiger partial charge in [-0.1, -0.05) is 27.7 Å². The smallest absolute Gasteiger partial charge is 0.0591 e. The minimum absolute atomic E-state index is 0.420. The first-order valence-electron chi connectivity index (χ1n) is 12.0. The summed E-state index contributed by atoms with van der Waals surface area (Å²) >= 11 is 0. The Kier molecular flexibility index (Phi) is 31.0. The third-order valence-corrected chi connectivity index (χ3v) is 16.4. The van der Waals surface area contributed by atoms with E-state index in [1.54, 1.807) is 24.6 Å². The molecule has 0 fully saturated rings. The zero-order chi connectivity index (χ0) is 24.6. The lowest BCUT2D eigenvalue weighted by Crippen LogP contribution is -2.16. The summed E-state index contributed by atoms with van der Waals surface area (Å²) in [5.41, 5.74) is 0. The van der Waals surface area contributed by atoms with Gasteiger partial charge in [-0.05, 0) is 67.2 Å². The van der Waals surface area contributed by atoms with Crippen LogP contribution in [0.1, 0.15) is 94.9 Å². The minimum Gasteiger partial charge on any atom is -0.550 e. The molecule has 0 rings (SSSR count). The van der Waals surface area contributed by atoms with Crippen molar-refractivity contribution < 1.29 is 19.8 Å². The van der Waals surface area contributed by atoms with E-state index in [0.717, 1.165) is 13.8 Å². The summed E-state index contributed by atoms with van der Waals surface area (Å²) in [5.74, 6) is -2.17. The van der Waals surface area contributed by atoms with Crippen LogP contribution in [0.25, 0.3) is 0 Å². The van der Waals surface area contributed by atoms with Crippen LogP contribution in [0.2, 0.25) is 0 Å². The Labute approximate surface area is 190 Å². The summed E-state index contributed by atoms with van der Waals surface area (Å²) in [5, 5.41) is 17.8. The van der Waals surface area contributed by atoms with Gasteiger partial charge < -0.3 is 19.8 Å². The summed E-state index contributed by atoms with van der Waals surface area (Å²) in [6.07, 6.45) is 17.7. The van der Waals surface area contributed by atoms with Crippen molar-refractivity contribution in [2.45, 2.75) is 94.9 Å². The second kappa shape index (κ2) is 25.1. The Bertz CT molecular complexity index is 316. The van der Waals surface area contributed by atoms with Crippen molar-refractivity contribution in [2.24, 2.45) is 0 Å². The second-order valence-electron chi connectivity index (χ2n) is 7.83. The van der Waals surface area contributed by atoms with Crippen molar-refractivity contribution in [3.8, 4) is 0 Å². The highest BCUT2D eigenvalue weighted by Gasteiger charge is 2.32. The molecule has 0 saturated heterocycles. The van der Waals surface area contributed by atoms with E-state index in [0.29, 0.717) is 0 Å². The van der Waals surface area contributed by atoms with E-state index >= 15 is 0 Å². The molecule has 0 aliphatic rings. The van der Waals surface area contributed by atoms with Gasteiger partial charge in [-0.3, -0.25) is 0 Å². The molecule has 0 aliphatic carbocycles. The molecule has 0 unspecified atom stereocenters. The molecular weight excluding hydrogens is 414 g/mol. The summed E-state index contributed by atoms with van der Waals surface area (Å²) < 4.78 is 0. The minimum atomic E-state index is -1.08. The molecule has 0 aromatic carbocycles. The van der Waals surface area contributed by atoms with Gasteiger partial charge in [0.2, 0.25) is 0 Å². The van der Waals surface area contributed by atoms with Gasteiger partial charge >= 0.3 is 0 Å². The fraction of sp³-hybridized carbons (Fsp3) is 0.917. The lowest BCUT2D eigenvalue weighted by Gasteiger charge is -2.26. The molecule has 0 aliphatic heterocycles. The van der Waals surface area contributed by atoms with Crippen molar-refractivity contribution in [3.63, 3.8) is 0 Å². The van der Waals surface area contributed by atoms with Gasteiger partial charge in [-0.15, -0.1) is 0 Å². The average molecular weight is 469 g/mol. The van der Waals surface area contributed by atoms with E-state index in [-0.39, 0.29) is 0 Å². The van der Waals surface area contributed by atoms with Crippen molar-refractivity contribution >= 4 is 26.5 Å². The molecule has 30 heavy (non-hydrogen) atoms. The zero-order valence-corrected chi connectivity index (χ0v) is 23.8. The number of hydrogen-bond acceptors (Lipinski definition) is 4. The zero-order valence-electron chi connectivity index (χ0n) is 22.0. The highest BCUT2D eigenvalue weighted by molar-refractivity contribution is 7.76. The summed E-state index contributed by atoms with van der Waals surface area (Å²) in [4.78, 5) is 17.8. The monoisotopic (exact) mass is 468 g/mol. The molecule has 0 atom stereocenters. The van der Waals surface area contributed by atoms with E-state index < -0.39 is 26.5 Å². The van der Waals surface area contributed by atoms with Crippen LogP contribution in [0.4, 0.5) is 0 Å². The van der Waals surface area contributed by atoms with E-state index in [1.165, 1.54) is 50.3 Å². The van der Waals surface area contributed by atoms with Crippen LogP contribution in [0.15, 0.2) is 0 Å². The van der Waals surface area contributed by atoms with E-state index in [9.17, 15) is 0 Å². The fourth-order valence-corrected chi connectivity index (χ4v) is 11.7. The SMILES string of the molecule is CC(=O)[O-].CC(=O)[O-].CCC[P+](CCC)(CCC)CCC.CC[P+](CC)(CC)CC. The maximum Gasteiger partial charge on any atom is 0.0591 e. The van der Waals surface area contributed by atoms with Gasteiger partial charge in [0, 0.05) is 26.5 Å². The predicted molar refractivity (Wildman–Crippen MR) is 138 cm³/mol. The van der Waals surface area contributed by atoms with Crippen LogP contribution >= 0.6 is 14.5 Å². The highest BCUT2D eigenvalue weighted by Crippen LogP contribution is 2.60. The molecule has 0 amide bonds. The maximum absolute atomic E-state index is 8.89. The van der Waals surface area contributed by atoms with Gasteiger partial charge in [0.15, 0.2) is 0 Å². The average Bonchev–Trinajstić information content (AvgIpc) is 2.65. The van der Waals surface area contributed by atoms with Crippen molar-refractivity contribution in [1.29, 1.82) is 0 Å². The number of carboxylic acid groups (broad SMARTS) is 2. The molecule has 0 aromatic heterocycles. The lowest BCUT2D eigenvalue weighted by atomic mass is 10.5. The predicted octanol–water partition coefficient (Wildman–Crippen LogP) is 5.24. The van der Waals surface area contributed by atoms with Crippen LogP contribution in [0.5, 0.6) is 0 Å². The van der Waals surface area contributed by atoms with Crippen LogP contribution in [0.3, 0.4) is 0 Å². The number of carbonyl (C=O) groups is 2. The van der Waals surface area contributed by atoms with Crippen LogP contribution in [0, 0.1) is 0 Å². The highest BCUT2D eigenvalue weighted by atomic mass is 31.2. The molecule has 0 aromatic rings. The van der Waals surface area contributed by atoms with Gasteiger partial charge in [-0.2, -0.15) is 0 Å². The van der Waals surface area contributed by atoms with Gasteiger partial charge in [0.1, 0.15) is 0 Å². The van der Waals surface area contributed by atoms with Gasteiger partial charge in [0.25, 0.3) is 0 Å². The number of carbonyl (C=O) groups excluding carboxylic acids is 2. The van der Waals surface area contributed by atoms with Crippen molar-refractivity contribution in [3.05, 3.63) is 0 Å². The fourth-order valence-electron chi connectivity index (χ4n) is 3.91. The third kappa shape index (κ3) is 25.8. The van der Waals surface area contributed by atoms with Gasteiger partial charge in [0.05, 0.1) is 49.3 Å². The lowest BCUT2D eigenvalue weighted by molar-refractivity contribution is -0.303. The Balaban J connectivity index is -0.000000171. The Morgan fingerprint density at radius 1 is 0.500 bits per heavy atom. The molecule has 0 N–H and O–H groups in total. The quantitative estimate of drug-likeness (QED) is 0.367. The molecule has 4 nitrogen and oxygen atoms in total. The Hall–Kier alpha value is -0.200. The first kappa shape index (κ1) is 37.1. The third-order valence-electron chi connectivity index (χ3n) is 5.48. The van der Waals surface area contributed by atoms with Crippen molar-refractivity contribution in [2.75, 3.05) is 49.3 Å². The van der Waals surface area contributed by atoms with Crippen LogP contribution in [-0.2, 0) is 9.59 Å². The largest absolute Gasteiger partial charge is 0.550 e. The van der Waals surface area contributed by atoms with Crippen molar-refractivity contribution in [1.82, 2.24) is 0 Å². The normalized spacial score (nSPS) is 10.5. The van der Waals surface area contributed by atoms with Crippen LogP contribution in [-0.4, -0.2) is 61.2 Å². The molecule has 6 heteroatoms. The van der Waals surface area contributed by atoms with Crippen LogP contribution < -0.4 is 10.2 Å². The topological polar surface area (TPSA) is 80.3 Å². The number of rotatable bonds is 12. The molecule has 0 heterocycles. The standard InChI is InChI=1S/C12H28P.C8H20P.2C2H4O2/c1-5-9-13(10-6-2,11-7-3)12-8-4;1-5-9(6-2,7-3)8-4;2*1-2(3)4/h5-12H2,1-4H3;5-8H2,1-4H3;2*1H3,(H,3,4)/q2*+1;;/p-2. The summed E-state index contributed by atoms with van der Waals surface area (Å²) in [6, 6.07) is 0.